The van der Waals surface area contributed by atoms with Crippen LogP contribution < -0.4 is 9.47 Å². The Balaban J connectivity index is 0.000000387. The van der Waals surface area contributed by atoms with E-state index in [9.17, 15) is 14.4 Å². The third-order valence-corrected chi connectivity index (χ3v) is 2.95. The van der Waals surface area contributed by atoms with Crippen molar-refractivity contribution in [2.24, 2.45) is 0 Å². The van der Waals surface area contributed by atoms with Crippen LogP contribution in [0.5, 0.6) is 11.5 Å². The Morgan fingerprint density at radius 1 is 1.11 bits per heavy atom. The molecule has 0 saturated carbocycles. The van der Waals surface area contributed by atoms with E-state index < -0.39 is 17.9 Å². The van der Waals surface area contributed by atoms with Crippen LogP contribution in [0.25, 0.3) is 0 Å². The second-order valence-electron chi connectivity index (χ2n) is 4.83. The number of carboxylic acids is 3. The van der Waals surface area contributed by atoms with Gasteiger partial charge in [-0.15, -0.1) is 0 Å². The number of rotatable bonds is 8. The summed E-state index contributed by atoms with van der Waals surface area (Å²) in [7, 11) is 1.48. The average molecular weight is 378 g/mol. The van der Waals surface area contributed by atoms with Gasteiger partial charge in [0, 0.05) is 24.5 Å². The topological polar surface area (TPSA) is 148 Å². The molecular weight excluding hydrogens is 360 g/mol. The first-order valence-corrected chi connectivity index (χ1v) is 7.47. The van der Waals surface area contributed by atoms with Crippen LogP contribution in [-0.4, -0.2) is 56.5 Å². The maximum Gasteiger partial charge on any atom is 0.335 e. The zero-order chi connectivity index (χ0) is 20.2. The fraction of sp³-hybridized carbons (Fsp3) is 0.176. The van der Waals surface area contributed by atoms with E-state index in [2.05, 4.69) is 4.98 Å². The van der Waals surface area contributed by atoms with Gasteiger partial charge in [-0.25, -0.2) is 19.4 Å². The Hall–Kier alpha value is -3.82. The highest BCUT2D eigenvalue weighted by atomic mass is 16.5. The van der Waals surface area contributed by atoms with Crippen molar-refractivity contribution in [3.8, 4) is 11.5 Å². The van der Waals surface area contributed by atoms with Crippen LogP contribution in [0.4, 0.5) is 0 Å². The normalized spacial score (nSPS) is 9.96. The number of ether oxygens (including phenoxy) is 2. The van der Waals surface area contributed by atoms with Gasteiger partial charge in [-0.1, -0.05) is 0 Å². The minimum absolute atomic E-state index is 0.166. The number of carboxylic acid groups (broad SMARTS) is 3. The van der Waals surface area contributed by atoms with Crippen LogP contribution >= 0.6 is 0 Å². The van der Waals surface area contributed by atoms with E-state index in [4.69, 9.17) is 24.8 Å². The Morgan fingerprint density at radius 3 is 2.26 bits per heavy atom. The van der Waals surface area contributed by atoms with Gasteiger partial charge in [0.25, 0.3) is 0 Å². The van der Waals surface area contributed by atoms with Crippen molar-refractivity contribution in [2.45, 2.75) is 6.54 Å². The van der Waals surface area contributed by atoms with Crippen molar-refractivity contribution in [1.29, 1.82) is 0 Å². The third kappa shape index (κ3) is 8.20. The molecule has 0 unspecified atom stereocenters. The molecule has 1 heterocycles. The van der Waals surface area contributed by atoms with E-state index >= 15 is 0 Å². The van der Waals surface area contributed by atoms with Crippen LogP contribution in [-0.2, 0) is 16.1 Å². The molecule has 3 N–H and O–H groups in total. The number of aliphatic carboxylic acids is 2. The van der Waals surface area contributed by atoms with Gasteiger partial charge in [0.1, 0.15) is 6.61 Å². The molecule has 0 fully saturated rings. The molecule has 0 amide bonds. The summed E-state index contributed by atoms with van der Waals surface area (Å²) in [5.41, 5.74) is 0.166. The van der Waals surface area contributed by atoms with Crippen LogP contribution in [0, 0.1) is 0 Å². The predicted molar refractivity (Wildman–Crippen MR) is 92.1 cm³/mol. The van der Waals surface area contributed by atoms with Crippen molar-refractivity contribution in [3.63, 3.8) is 0 Å². The van der Waals surface area contributed by atoms with Crippen LogP contribution in [0.3, 0.4) is 0 Å². The quantitative estimate of drug-likeness (QED) is 0.579. The maximum atomic E-state index is 10.8. The highest BCUT2D eigenvalue weighted by Crippen LogP contribution is 2.28. The molecule has 144 valence electrons. The number of carbonyl (C=O) groups is 3. The number of hydrogen-bond acceptors (Lipinski definition) is 6. The molecule has 0 aliphatic carbocycles. The number of benzene rings is 1. The number of aromatic carboxylic acids is 1. The van der Waals surface area contributed by atoms with Gasteiger partial charge < -0.3 is 29.4 Å². The molecule has 2 aromatic rings. The molecule has 0 bridgehead atoms. The second kappa shape index (κ2) is 10.9. The van der Waals surface area contributed by atoms with Crippen molar-refractivity contribution in [3.05, 3.63) is 54.6 Å². The van der Waals surface area contributed by atoms with Gasteiger partial charge in [0.05, 0.1) is 25.5 Å². The fourth-order valence-electron chi connectivity index (χ4n) is 1.74. The zero-order valence-corrected chi connectivity index (χ0v) is 14.3. The highest BCUT2D eigenvalue weighted by molar-refractivity contribution is 5.89. The lowest BCUT2D eigenvalue weighted by atomic mass is 10.2. The third-order valence-electron chi connectivity index (χ3n) is 2.95. The van der Waals surface area contributed by atoms with Crippen molar-refractivity contribution in [1.82, 2.24) is 9.55 Å². The molecule has 2 rings (SSSR count). The summed E-state index contributed by atoms with van der Waals surface area (Å²) in [6.07, 6.45) is 6.36. The summed E-state index contributed by atoms with van der Waals surface area (Å²) >= 11 is 0. The minimum atomic E-state index is -1.26. The van der Waals surface area contributed by atoms with Gasteiger partial charge in [-0.05, 0) is 18.2 Å². The molecule has 0 radical (unpaired) electrons. The Labute approximate surface area is 153 Å². The lowest BCUT2D eigenvalue weighted by Crippen LogP contribution is -2.07. The van der Waals surface area contributed by atoms with E-state index in [1.807, 2.05) is 10.8 Å². The standard InChI is InChI=1S/C13H14N2O4.C4H4O4/c1-18-12-8-10(13(16)17)2-3-11(12)19-7-6-15-5-4-14-9-15;5-3(6)1-2-4(7)8/h2-5,8-9H,6-7H2,1H3,(H,16,17);1-2H,(H,5,6)(H,7,8)/b;2-1+. The summed E-state index contributed by atoms with van der Waals surface area (Å²) in [5.74, 6) is -2.58. The Morgan fingerprint density at radius 2 is 1.78 bits per heavy atom. The van der Waals surface area contributed by atoms with Crippen LogP contribution in [0.2, 0.25) is 0 Å². The summed E-state index contributed by atoms with van der Waals surface area (Å²) in [4.78, 5) is 33.9. The summed E-state index contributed by atoms with van der Waals surface area (Å²) in [6, 6.07) is 4.52. The largest absolute Gasteiger partial charge is 0.493 e. The Bertz CT molecular complexity index is 783. The van der Waals surface area contributed by atoms with Gasteiger partial charge >= 0.3 is 17.9 Å². The number of hydrogen-bond donors (Lipinski definition) is 3. The van der Waals surface area contributed by atoms with Gasteiger partial charge in [-0.2, -0.15) is 0 Å². The van der Waals surface area contributed by atoms with Gasteiger partial charge in [0.15, 0.2) is 11.5 Å². The molecular formula is C17H18N2O8. The summed E-state index contributed by atoms with van der Waals surface area (Å²) in [6.45, 7) is 1.10. The van der Waals surface area contributed by atoms with Crippen LogP contribution in [0.1, 0.15) is 10.4 Å². The zero-order valence-electron chi connectivity index (χ0n) is 14.3. The molecule has 27 heavy (non-hydrogen) atoms. The van der Waals surface area contributed by atoms with E-state index in [1.54, 1.807) is 18.6 Å². The number of nitrogens with zero attached hydrogens (tertiary/aromatic N) is 2. The monoisotopic (exact) mass is 378 g/mol. The first-order valence-electron chi connectivity index (χ1n) is 7.47. The van der Waals surface area contributed by atoms with E-state index in [0.29, 0.717) is 36.8 Å². The molecule has 0 aliphatic rings. The first-order chi connectivity index (χ1) is 12.8. The smallest absolute Gasteiger partial charge is 0.335 e. The summed E-state index contributed by atoms with van der Waals surface area (Å²) < 4.78 is 12.6. The second-order valence-corrected chi connectivity index (χ2v) is 4.83. The van der Waals surface area contributed by atoms with E-state index in [0.717, 1.165) is 0 Å². The molecule has 0 saturated heterocycles. The molecule has 1 aromatic carbocycles. The molecule has 0 aliphatic heterocycles. The predicted octanol–water partition coefficient (Wildman–Crippen LogP) is 1.38. The first kappa shape index (κ1) is 21.2. The molecule has 0 atom stereocenters. The van der Waals surface area contributed by atoms with E-state index in [-0.39, 0.29) is 5.56 Å². The lowest BCUT2D eigenvalue weighted by Gasteiger charge is -2.11. The number of aromatic nitrogens is 2. The molecule has 10 nitrogen and oxygen atoms in total. The number of methoxy groups -OCH3 is 1. The highest BCUT2D eigenvalue weighted by Gasteiger charge is 2.09. The molecule has 0 spiro atoms. The maximum absolute atomic E-state index is 10.8. The van der Waals surface area contributed by atoms with Crippen LogP contribution in [0.15, 0.2) is 49.1 Å². The Kier molecular flexibility index (Phi) is 8.59. The van der Waals surface area contributed by atoms with Crippen molar-refractivity contribution < 1.29 is 39.2 Å². The van der Waals surface area contributed by atoms with Crippen molar-refractivity contribution in [2.75, 3.05) is 13.7 Å². The van der Waals surface area contributed by atoms with Crippen molar-refractivity contribution >= 4 is 17.9 Å². The average Bonchev–Trinajstić information content (AvgIpc) is 3.14. The van der Waals surface area contributed by atoms with Gasteiger partial charge in [-0.3, -0.25) is 0 Å². The van der Waals surface area contributed by atoms with E-state index in [1.165, 1.54) is 19.2 Å². The SMILES string of the molecule is COc1cc(C(=O)O)ccc1OCCn1ccnc1.O=C(O)/C=C/C(=O)O. The minimum Gasteiger partial charge on any atom is -0.493 e. The summed E-state index contributed by atoms with van der Waals surface area (Å²) in [5, 5.41) is 24.5. The lowest BCUT2D eigenvalue weighted by molar-refractivity contribution is -0.134. The van der Waals surface area contributed by atoms with Gasteiger partial charge in [0.2, 0.25) is 0 Å². The number of imidazole rings is 1. The molecule has 10 heteroatoms. The molecule has 1 aromatic heterocycles. The fourth-order valence-corrected chi connectivity index (χ4v) is 1.74.